The zero-order chi connectivity index (χ0) is 9.26. The normalized spacial score (nSPS) is 10.5. The van der Waals surface area contributed by atoms with E-state index in [-0.39, 0.29) is 0 Å². The van der Waals surface area contributed by atoms with Crippen LogP contribution in [0.1, 0.15) is 6.92 Å². The molecule has 0 aliphatic carbocycles. The van der Waals surface area contributed by atoms with Crippen molar-refractivity contribution >= 4 is 27.2 Å². The molecule has 0 saturated carbocycles. The van der Waals surface area contributed by atoms with Crippen LogP contribution in [-0.2, 0) is 0 Å². The van der Waals surface area contributed by atoms with Crippen LogP contribution in [-0.4, -0.2) is 11.6 Å². The highest BCUT2D eigenvalue weighted by atomic mass is 32.1. The van der Waals surface area contributed by atoms with Gasteiger partial charge in [-0.25, -0.2) is 4.98 Å². The maximum absolute atomic E-state index is 5.65. The lowest BCUT2D eigenvalue weighted by molar-refractivity contribution is 0.339. The summed E-state index contributed by atoms with van der Waals surface area (Å²) in [5, 5.41) is 0.711. The number of thiazole rings is 1. The van der Waals surface area contributed by atoms with Gasteiger partial charge in [0.1, 0.15) is 0 Å². The van der Waals surface area contributed by atoms with Crippen LogP contribution in [0, 0.1) is 0 Å². The Hall–Kier alpha value is -1.29. The monoisotopic (exact) mass is 194 g/mol. The number of fused-ring (bicyclic) bond motifs is 1. The van der Waals surface area contributed by atoms with Crippen LogP contribution < -0.4 is 10.5 Å². The van der Waals surface area contributed by atoms with Crippen molar-refractivity contribution in [3.63, 3.8) is 0 Å². The SMILES string of the molecule is CCOc1nc2ccc(N)cc2s1. The van der Waals surface area contributed by atoms with E-state index in [0.717, 1.165) is 15.9 Å². The van der Waals surface area contributed by atoms with Crippen LogP contribution in [0.5, 0.6) is 5.19 Å². The molecule has 0 atom stereocenters. The van der Waals surface area contributed by atoms with Gasteiger partial charge in [-0.3, -0.25) is 0 Å². The molecule has 2 N–H and O–H groups in total. The maximum Gasteiger partial charge on any atom is 0.274 e. The first-order chi connectivity index (χ1) is 6.29. The molecule has 0 amide bonds. The van der Waals surface area contributed by atoms with Gasteiger partial charge in [0.05, 0.1) is 16.8 Å². The summed E-state index contributed by atoms with van der Waals surface area (Å²) >= 11 is 1.52. The molecule has 3 nitrogen and oxygen atoms in total. The molecule has 2 rings (SSSR count). The van der Waals surface area contributed by atoms with Crippen LogP contribution in [0.15, 0.2) is 18.2 Å². The second-order valence-electron chi connectivity index (χ2n) is 2.64. The van der Waals surface area contributed by atoms with Crippen LogP contribution >= 0.6 is 11.3 Å². The Morgan fingerprint density at radius 2 is 2.38 bits per heavy atom. The number of nitrogen functional groups attached to an aromatic ring is 1. The fourth-order valence-electron chi connectivity index (χ4n) is 1.11. The van der Waals surface area contributed by atoms with E-state index in [1.807, 2.05) is 25.1 Å². The van der Waals surface area contributed by atoms with Gasteiger partial charge in [0.2, 0.25) is 0 Å². The summed E-state index contributed by atoms with van der Waals surface area (Å²) < 4.78 is 6.37. The molecule has 0 aliphatic heterocycles. The van der Waals surface area contributed by atoms with Crippen molar-refractivity contribution in [1.29, 1.82) is 0 Å². The molecule has 0 unspecified atom stereocenters. The van der Waals surface area contributed by atoms with Crippen molar-refractivity contribution in [2.75, 3.05) is 12.3 Å². The third-order valence-corrected chi connectivity index (χ3v) is 2.59. The molecule has 0 aliphatic rings. The molecule has 1 aromatic heterocycles. The van der Waals surface area contributed by atoms with E-state index in [9.17, 15) is 0 Å². The maximum atomic E-state index is 5.65. The number of anilines is 1. The molecule has 0 bridgehead atoms. The number of rotatable bonds is 2. The fourth-order valence-corrected chi connectivity index (χ4v) is 2.03. The third-order valence-electron chi connectivity index (χ3n) is 1.66. The van der Waals surface area contributed by atoms with Crippen LogP contribution in [0.2, 0.25) is 0 Å². The summed E-state index contributed by atoms with van der Waals surface area (Å²) in [6.07, 6.45) is 0. The van der Waals surface area contributed by atoms with E-state index in [1.165, 1.54) is 11.3 Å². The summed E-state index contributed by atoms with van der Waals surface area (Å²) in [6, 6.07) is 5.66. The van der Waals surface area contributed by atoms with E-state index < -0.39 is 0 Å². The number of hydrogen-bond donors (Lipinski definition) is 1. The second kappa shape index (κ2) is 3.22. The average molecular weight is 194 g/mol. The molecule has 4 heteroatoms. The Balaban J connectivity index is 2.49. The zero-order valence-electron chi connectivity index (χ0n) is 7.28. The van der Waals surface area contributed by atoms with Crippen molar-refractivity contribution in [2.45, 2.75) is 6.92 Å². The molecule has 0 saturated heterocycles. The highest BCUT2D eigenvalue weighted by Gasteiger charge is 2.03. The van der Waals surface area contributed by atoms with Gasteiger partial charge in [-0.2, -0.15) is 0 Å². The highest BCUT2D eigenvalue weighted by molar-refractivity contribution is 7.20. The summed E-state index contributed by atoms with van der Waals surface area (Å²) in [4.78, 5) is 4.28. The molecule has 68 valence electrons. The molecule has 0 spiro atoms. The Morgan fingerprint density at radius 3 is 3.15 bits per heavy atom. The zero-order valence-corrected chi connectivity index (χ0v) is 8.10. The summed E-state index contributed by atoms with van der Waals surface area (Å²) in [5.41, 5.74) is 7.36. The number of benzene rings is 1. The van der Waals surface area contributed by atoms with Gasteiger partial charge in [0, 0.05) is 5.69 Å². The van der Waals surface area contributed by atoms with E-state index >= 15 is 0 Å². The third kappa shape index (κ3) is 1.58. The number of aromatic nitrogens is 1. The minimum atomic E-state index is 0.648. The van der Waals surface area contributed by atoms with E-state index in [2.05, 4.69) is 4.98 Å². The minimum absolute atomic E-state index is 0.648. The lowest BCUT2D eigenvalue weighted by atomic mass is 10.3. The first-order valence-corrected chi connectivity index (χ1v) is 4.90. The average Bonchev–Trinajstić information content (AvgIpc) is 2.46. The smallest absolute Gasteiger partial charge is 0.274 e. The highest BCUT2D eigenvalue weighted by Crippen LogP contribution is 2.28. The Labute approximate surface area is 80.2 Å². The molecule has 13 heavy (non-hydrogen) atoms. The van der Waals surface area contributed by atoms with Gasteiger partial charge in [-0.1, -0.05) is 11.3 Å². The number of hydrogen-bond acceptors (Lipinski definition) is 4. The van der Waals surface area contributed by atoms with E-state index in [0.29, 0.717) is 11.8 Å². The summed E-state index contributed by atoms with van der Waals surface area (Å²) in [7, 11) is 0. The topological polar surface area (TPSA) is 48.1 Å². The molecule has 0 fully saturated rings. The quantitative estimate of drug-likeness (QED) is 0.746. The molecule has 1 aromatic carbocycles. The van der Waals surface area contributed by atoms with Gasteiger partial charge in [-0.05, 0) is 25.1 Å². The molecule has 2 aromatic rings. The molecule has 0 radical (unpaired) electrons. The van der Waals surface area contributed by atoms with Crippen molar-refractivity contribution in [3.8, 4) is 5.19 Å². The minimum Gasteiger partial charge on any atom is -0.470 e. The number of nitrogens with zero attached hydrogens (tertiary/aromatic N) is 1. The second-order valence-corrected chi connectivity index (χ2v) is 3.63. The largest absolute Gasteiger partial charge is 0.470 e. The van der Waals surface area contributed by atoms with E-state index in [1.54, 1.807) is 0 Å². The van der Waals surface area contributed by atoms with Crippen molar-refractivity contribution in [2.24, 2.45) is 0 Å². The predicted octanol–water partition coefficient (Wildman–Crippen LogP) is 2.28. The van der Waals surface area contributed by atoms with Crippen molar-refractivity contribution in [3.05, 3.63) is 18.2 Å². The Morgan fingerprint density at radius 1 is 1.54 bits per heavy atom. The fraction of sp³-hybridized carbons (Fsp3) is 0.222. The van der Waals surface area contributed by atoms with Gasteiger partial charge in [0.25, 0.3) is 5.19 Å². The van der Waals surface area contributed by atoms with Gasteiger partial charge < -0.3 is 10.5 Å². The van der Waals surface area contributed by atoms with Crippen LogP contribution in [0.3, 0.4) is 0 Å². The van der Waals surface area contributed by atoms with Gasteiger partial charge in [0.15, 0.2) is 0 Å². The van der Waals surface area contributed by atoms with Crippen molar-refractivity contribution in [1.82, 2.24) is 4.98 Å². The summed E-state index contributed by atoms with van der Waals surface area (Å²) in [6.45, 7) is 2.59. The number of ether oxygens (including phenoxy) is 1. The van der Waals surface area contributed by atoms with Crippen LogP contribution in [0.25, 0.3) is 10.2 Å². The lowest BCUT2D eigenvalue weighted by Crippen LogP contribution is -1.89. The molecular weight excluding hydrogens is 184 g/mol. The van der Waals surface area contributed by atoms with Crippen LogP contribution in [0.4, 0.5) is 5.69 Å². The Bertz CT molecular complexity index is 424. The van der Waals surface area contributed by atoms with Crippen molar-refractivity contribution < 1.29 is 4.74 Å². The first kappa shape index (κ1) is 8.31. The Kier molecular flexibility index (Phi) is 2.06. The van der Waals surface area contributed by atoms with Gasteiger partial charge in [-0.15, -0.1) is 0 Å². The molecular formula is C9H10N2OS. The predicted molar refractivity (Wildman–Crippen MR) is 55.2 cm³/mol. The van der Waals surface area contributed by atoms with Gasteiger partial charge >= 0.3 is 0 Å². The number of nitrogens with two attached hydrogens (primary N) is 1. The molecule has 1 heterocycles. The first-order valence-electron chi connectivity index (χ1n) is 4.08. The standard InChI is InChI=1S/C9H10N2OS/c1-2-12-9-11-7-4-3-6(10)5-8(7)13-9/h3-5H,2,10H2,1H3. The lowest BCUT2D eigenvalue weighted by Gasteiger charge is -1.92. The summed E-state index contributed by atoms with van der Waals surface area (Å²) in [5.74, 6) is 0. The van der Waals surface area contributed by atoms with E-state index in [4.69, 9.17) is 10.5 Å².